The summed E-state index contributed by atoms with van der Waals surface area (Å²) in [6.07, 6.45) is 3.74. The van der Waals surface area contributed by atoms with Crippen LogP contribution in [-0.2, 0) is 6.54 Å². The Bertz CT molecular complexity index is 818. The van der Waals surface area contributed by atoms with Crippen LogP contribution in [0.3, 0.4) is 0 Å². The van der Waals surface area contributed by atoms with Gasteiger partial charge in [-0.2, -0.15) is 5.26 Å². The average molecular weight is 459 g/mol. The van der Waals surface area contributed by atoms with E-state index in [1.54, 1.807) is 6.20 Å². The van der Waals surface area contributed by atoms with Gasteiger partial charge in [0, 0.05) is 18.8 Å². The van der Waals surface area contributed by atoms with Crippen molar-refractivity contribution in [3.8, 4) is 17.6 Å². The molecule has 1 N–H and O–H groups in total. The first-order chi connectivity index (χ1) is 14.2. The second-order valence-electron chi connectivity index (χ2n) is 6.90. The summed E-state index contributed by atoms with van der Waals surface area (Å²) in [6, 6.07) is 10.4. The van der Waals surface area contributed by atoms with Crippen LogP contribution < -0.4 is 19.7 Å². The number of pyridine rings is 1. The molecule has 0 saturated carbocycles. The zero-order chi connectivity index (χ0) is 20.6. The molecule has 1 aliphatic heterocycles. The van der Waals surface area contributed by atoms with Crippen LogP contribution >= 0.6 is 15.9 Å². The number of piperidine rings is 1. The quantitative estimate of drug-likeness (QED) is 0.636. The van der Waals surface area contributed by atoms with Crippen molar-refractivity contribution in [3.05, 3.63) is 46.1 Å². The van der Waals surface area contributed by atoms with Crippen LogP contribution in [0.2, 0.25) is 0 Å². The Morgan fingerprint density at radius 3 is 2.34 bits per heavy atom. The minimum absolute atomic E-state index is 0.381. The van der Waals surface area contributed by atoms with Crippen molar-refractivity contribution in [2.24, 2.45) is 0 Å². The Balaban J connectivity index is 1.94. The number of ether oxygens (including phenoxy) is 2. The molecule has 1 saturated heterocycles. The first-order valence-corrected chi connectivity index (χ1v) is 10.9. The number of nitrogens with one attached hydrogen (secondary N) is 1. The van der Waals surface area contributed by atoms with Gasteiger partial charge in [-0.1, -0.05) is 0 Å². The molecule has 7 heteroatoms. The lowest BCUT2D eigenvalue weighted by atomic mass is 10.0. The first kappa shape index (κ1) is 21.4. The summed E-state index contributed by atoms with van der Waals surface area (Å²) >= 11 is 3.61. The number of halogens is 1. The minimum atomic E-state index is 0.381. The van der Waals surface area contributed by atoms with Gasteiger partial charge < -0.3 is 19.7 Å². The van der Waals surface area contributed by atoms with Crippen LogP contribution in [0.4, 0.5) is 5.82 Å². The zero-order valence-electron chi connectivity index (χ0n) is 16.9. The van der Waals surface area contributed by atoms with Crippen LogP contribution in [0.15, 0.2) is 34.9 Å². The highest BCUT2D eigenvalue weighted by Gasteiger charge is 2.23. The number of nitriles is 1. The third-order valence-electron chi connectivity index (χ3n) is 4.94. The van der Waals surface area contributed by atoms with E-state index in [4.69, 9.17) is 14.7 Å². The number of rotatable bonds is 8. The fourth-order valence-corrected chi connectivity index (χ4v) is 4.03. The lowest BCUT2D eigenvalue weighted by Crippen LogP contribution is -2.43. The Kier molecular flexibility index (Phi) is 7.73. The van der Waals surface area contributed by atoms with E-state index < -0.39 is 0 Å². The topological polar surface area (TPSA) is 70.4 Å². The molecule has 2 aromatic rings. The first-order valence-electron chi connectivity index (χ1n) is 10.1. The largest absolute Gasteiger partial charge is 0.493 e. The van der Waals surface area contributed by atoms with Gasteiger partial charge in [-0.3, -0.25) is 0 Å². The number of anilines is 1. The van der Waals surface area contributed by atoms with E-state index >= 15 is 0 Å². The lowest BCUT2D eigenvalue weighted by Gasteiger charge is -2.36. The van der Waals surface area contributed by atoms with Crippen molar-refractivity contribution in [2.45, 2.75) is 39.3 Å². The molecule has 1 aromatic carbocycles. The maximum atomic E-state index is 9.09. The van der Waals surface area contributed by atoms with Crippen molar-refractivity contribution in [1.82, 2.24) is 10.3 Å². The summed E-state index contributed by atoms with van der Waals surface area (Å²) in [7, 11) is 0. The fourth-order valence-electron chi connectivity index (χ4n) is 3.57. The summed E-state index contributed by atoms with van der Waals surface area (Å²) < 4.78 is 12.5. The Morgan fingerprint density at radius 1 is 1.17 bits per heavy atom. The van der Waals surface area contributed by atoms with Gasteiger partial charge in [0.2, 0.25) is 0 Å². The molecule has 154 valence electrons. The fraction of sp³-hybridized carbons (Fsp3) is 0.455. The highest BCUT2D eigenvalue weighted by Crippen LogP contribution is 2.37. The zero-order valence-corrected chi connectivity index (χ0v) is 18.5. The van der Waals surface area contributed by atoms with Crippen LogP contribution in [0.5, 0.6) is 11.5 Å². The molecule has 1 aromatic heterocycles. The van der Waals surface area contributed by atoms with E-state index in [0.29, 0.717) is 31.4 Å². The van der Waals surface area contributed by atoms with E-state index in [2.05, 4.69) is 49.3 Å². The maximum Gasteiger partial charge on any atom is 0.137 e. The molecule has 0 amide bonds. The standard InChI is InChI=1S/C22H27BrN4O2/c1-3-28-19-11-17(12-20(22(19)23)29-4-2)15-27(18-7-9-25-10-8-18)21-6-5-16(13-24)14-26-21/h5-6,11-12,14,18,25H,3-4,7-10,15H2,1-2H3. The number of benzene rings is 1. The molecule has 0 unspecified atom stereocenters. The minimum Gasteiger partial charge on any atom is -0.493 e. The molecule has 0 atom stereocenters. The van der Waals surface area contributed by atoms with E-state index in [0.717, 1.165) is 53.3 Å². The Morgan fingerprint density at radius 2 is 1.83 bits per heavy atom. The SMILES string of the molecule is CCOc1cc(CN(c2ccc(C#N)cn2)C2CCNCC2)cc(OCC)c1Br. The summed E-state index contributed by atoms with van der Waals surface area (Å²) in [5.74, 6) is 2.45. The predicted octanol–water partition coefficient (Wildman–Crippen LogP) is 4.27. The van der Waals surface area contributed by atoms with Gasteiger partial charge in [-0.25, -0.2) is 4.98 Å². The van der Waals surface area contributed by atoms with Gasteiger partial charge >= 0.3 is 0 Å². The summed E-state index contributed by atoms with van der Waals surface area (Å²) in [5.41, 5.74) is 1.67. The van der Waals surface area contributed by atoms with Crippen LogP contribution in [0.1, 0.15) is 37.8 Å². The maximum absolute atomic E-state index is 9.09. The van der Waals surface area contributed by atoms with Gasteiger partial charge in [0.1, 0.15) is 27.9 Å². The summed E-state index contributed by atoms with van der Waals surface area (Å²) in [4.78, 5) is 6.90. The third-order valence-corrected chi connectivity index (χ3v) is 5.72. The molecular formula is C22H27BrN4O2. The van der Waals surface area contributed by atoms with Crippen molar-refractivity contribution in [1.29, 1.82) is 5.26 Å². The van der Waals surface area contributed by atoms with E-state index in [-0.39, 0.29) is 0 Å². The van der Waals surface area contributed by atoms with Gasteiger partial charge in [0.15, 0.2) is 0 Å². The monoisotopic (exact) mass is 458 g/mol. The van der Waals surface area contributed by atoms with Gasteiger partial charge in [-0.15, -0.1) is 0 Å². The number of hydrogen-bond acceptors (Lipinski definition) is 6. The normalized spacial score (nSPS) is 14.3. The molecule has 1 aliphatic rings. The Labute approximate surface area is 181 Å². The average Bonchev–Trinajstić information content (AvgIpc) is 2.76. The molecule has 1 fully saturated rings. The second-order valence-corrected chi connectivity index (χ2v) is 7.69. The molecule has 0 aliphatic carbocycles. The van der Waals surface area contributed by atoms with E-state index in [1.165, 1.54) is 0 Å². The van der Waals surface area contributed by atoms with Crippen LogP contribution in [-0.4, -0.2) is 37.3 Å². The molecule has 0 bridgehead atoms. The van der Waals surface area contributed by atoms with Crippen molar-refractivity contribution in [2.75, 3.05) is 31.2 Å². The molecular weight excluding hydrogens is 432 g/mol. The summed E-state index contributed by atoms with van der Waals surface area (Å²) in [5, 5.41) is 12.5. The lowest BCUT2D eigenvalue weighted by molar-refractivity contribution is 0.318. The van der Waals surface area contributed by atoms with Crippen molar-refractivity contribution < 1.29 is 9.47 Å². The second kappa shape index (κ2) is 10.5. The van der Waals surface area contributed by atoms with Crippen LogP contribution in [0, 0.1) is 11.3 Å². The van der Waals surface area contributed by atoms with Crippen LogP contribution in [0.25, 0.3) is 0 Å². The Hall–Kier alpha value is -2.30. The number of hydrogen-bond donors (Lipinski definition) is 1. The highest BCUT2D eigenvalue weighted by atomic mass is 79.9. The van der Waals surface area contributed by atoms with E-state index in [9.17, 15) is 0 Å². The molecule has 3 rings (SSSR count). The van der Waals surface area contributed by atoms with Gasteiger partial charge in [0.05, 0.1) is 18.8 Å². The van der Waals surface area contributed by atoms with Crippen molar-refractivity contribution >= 4 is 21.7 Å². The van der Waals surface area contributed by atoms with E-state index in [1.807, 2.05) is 26.0 Å². The van der Waals surface area contributed by atoms with Gasteiger partial charge in [0.25, 0.3) is 0 Å². The number of nitrogens with zero attached hydrogens (tertiary/aromatic N) is 3. The third kappa shape index (κ3) is 5.40. The number of aromatic nitrogens is 1. The molecule has 6 nitrogen and oxygen atoms in total. The molecule has 0 radical (unpaired) electrons. The molecule has 2 heterocycles. The smallest absolute Gasteiger partial charge is 0.137 e. The molecule has 29 heavy (non-hydrogen) atoms. The predicted molar refractivity (Wildman–Crippen MR) is 118 cm³/mol. The highest BCUT2D eigenvalue weighted by molar-refractivity contribution is 9.10. The van der Waals surface area contributed by atoms with Gasteiger partial charge in [-0.05, 0) is 85.5 Å². The summed E-state index contributed by atoms with van der Waals surface area (Å²) in [6.45, 7) is 7.80. The molecule has 0 spiro atoms. The van der Waals surface area contributed by atoms with Crippen molar-refractivity contribution in [3.63, 3.8) is 0 Å².